The van der Waals surface area contributed by atoms with Crippen LogP contribution in [0.3, 0.4) is 0 Å². The van der Waals surface area contributed by atoms with Crippen molar-refractivity contribution in [2.75, 3.05) is 10.6 Å². The highest BCUT2D eigenvalue weighted by atomic mass is 19.1. The number of nitrogens with zero attached hydrogens (tertiary/aromatic N) is 1. The molecule has 5 nitrogen and oxygen atoms in total. The van der Waals surface area contributed by atoms with Gasteiger partial charge in [0.1, 0.15) is 11.6 Å². The molecule has 0 radical (unpaired) electrons. The number of nitrogens with one attached hydrogen (secondary N) is 2. The van der Waals surface area contributed by atoms with Gasteiger partial charge in [0.2, 0.25) is 5.91 Å². The maximum atomic E-state index is 12.7. The summed E-state index contributed by atoms with van der Waals surface area (Å²) in [5.74, 6) is -0.657. The molecule has 0 aliphatic carbocycles. The number of halogens is 1. The smallest absolute Gasteiger partial charge is 0.256 e. The highest BCUT2D eigenvalue weighted by Crippen LogP contribution is 2.24. The highest BCUT2D eigenvalue weighted by molar-refractivity contribution is 6.06. The topological polar surface area (TPSA) is 71.1 Å². The number of rotatable bonds is 2. The number of aromatic nitrogens is 1. The van der Waals surface area contributed by atoms with Crippen LogP contribution in [0.5, 0.6) is 0 Å². The van der Waals surface area contributed by atoms with E-state index in [1.807, 2.05) is 0 Å². The van der Waals surface area contributed by atoms with Crippen molar-refractivity contribution in [3.8, 4) is 0 Å². The molecule has 0 spiro atoms. The fraction of sp³-hybridized carbons (Fsp3) is 0.0714. The van der Waals surface area contributed by atoms with Crippen molar-refractivity contribution in [2.45, 2.75) is 6.42 Å². The average Bonchev–Trinajstić information content (AvgIpc) is 2.80. The minimum atomic E-state index is -0.469. The van der Waals surface area contributed by atoms with Gasteiger partial charge in [-0.2, -0.15) is 0 Å². The second-order valence-electron chi connectivity index (χ2n) is 4.41. The molecule has 6 heteroatoms. The fourth-order valence-electron chi connectivity index (χ4n) is 1.99. The Hall–Kier alpha value is -2.76. The van der Waals surface area contributed by atoms with E-state index in [0.29, 0.717) is 17.7 Å². The largest absolute Gasteiger partial charge is 0.326 e. The lowest BCUT2D eigenvalue weighted by Crippen LogP contribution is -2.13. The summed E-state index contributed by atoms with van der Waals surface area (Å²) in [6.45, 7) is 0. The van der Waals surface area contributed by atoms with E-state index >= 15 is 0 Å². The molecule has 2 heterocycles. The van der Waals surface area contributed by atoms with E-state index in [9.17, 15) is 14.0 Å². The number of hydrogen-bond donors (Lipinski definition) is 2. The summed E-state index contributed by atoms with van der Waals surface area (Å²) < 4.78 is 12.7. The third kappa shape index (κ3) is 2.35. The van der Waals surface area contributed by atoms with Gasteiger partial charge in [-0.25, -0.2) is 9.37 Å². The molecule has 1 aromatic carbocycles. The third-order valence-corrected chi connectivity index (χ3v) is 2.97. The number of pyridine rings is 1. The fourth-order valence-corrected chi connectivity index (χ4v) is 1.99. The second-order valence-corrected chi connectivity index (χ2v) is 4.41. The summed E-state index contributed by atoms with van der Waals surface area (Å²) in [7, 11) is 0. The summed E-state index contributed by atoms with van der Waals surface area (Å²) in [6.07, 6.45) is 1.36. The van der Waals surface area contributed by atoms with Crippen LogP contribution in [-0.4, -0.2) is 16.8 Å². The number of carbonyl (C=O) groups excluding carboxylic acids is 2. The standard InChI is InChI=1S/C14H10FN3O2/c15-10-3-4-12(16-7-10)18-14(20)9-2-1-8-6-13(19)17-11(8)5-9/h1-5,7H,6H2,(H,17,19)(H,16,18,20). The Labute approximate surface area is 113 Å². The highest BCUT2D eigenvalue weighted by Gasteiger charge is 2.19. The summed E-state index contributed by atoms with van der Waals surface area (Å²) in [5, 5.41) is 5.24. The molecule has 0 atom stereocenters. The first kappa shape index (κ1) is 12.3. The Bertz CT molecular complexity index is 698. The van der Waals surface area contributed by atoms with Gasteiger partial charge in [0.05, 0.1) is 12.6 Å². The van der Waals surface area contributed by atoms with E-state index in [1.165, 1.54) is 12.1 Å². The number of fused-ring (bicyclic) bond motifs is 1. The van der Waals surface area contributed by atoms with E-state index in [-0.39, 0.29) is 17.6 Å². The van der Waals surface area contributed by atoms with Crippen molar-refractivity contribution in [2.24, 2.45) is 0 Å². The van der Waals surface area contributed by atoms with Crippen LogP contribution in [0.4, 0.5) is 15.9 Å². The van der Waals surface area contributed by atoms with Crippen LogP contribution in [0.1, 0.15) is 15.9 Å². The molecule has 3 rings (SSSR count). The quantitative estimate of drug-likeness (QED) is 0.877. The predicted molar refractivity (Wildman–Crippen MR) is 70.9 cm³/mol. The van der Waals surface area contributed by atoms with E-state index in [2.05, 4.69) is 15.6 Å². The Balaban J connectivity index is 1.79. The molecule has 1 aromatic heterocycles. The van der Waals surface area contributed by atoms with Crippen LogP contribution in [0, 0.1) is 5.82 Å². The predicted octanol–water partition coefficient (Wildman–Crippen LogP) is 1.97. The molecule has 2 aromatic rings. The van der Waals surface area contributed by atoms with Gasteiger partial charge in [-0.1, -0.05) is 6.07 Å². The molecule has 0 unspecified atom stereocenters. The van der Waals surface area contributed by atoms with Crippen molar-refractivity contribution < 1.29 is 14.0 Å². The van der Waals surface area contributed by atoms with Crippen LogP contribution >= 0.6 is 0 Å². The zero-order chi connectivity index (χ0) is 14.1. The number of carbonyl (C=O) groups is 2. The summed E-state index contributed by atoms with van der Waals surface area (Å²) in [5.41, 5.74) is 1.92. The van der Waals surface area contributed by atoms with Crippen LogP contribution in [-0.2, 0) is 11.2 Å². The summed E-state index contributed by atoms with van der Waals surface area (Å²) >= 11 is 0. The number of benzene rings is 1. The van der Waals surface area contributed by atoms with Crippen molar-refractivity contribution in [3.63, 3.8) is 0 Å². The number of amides is 2. The van der Waals surface area contributed by atoms with E-state index in [1.54, 1.807) is 18.2 Å². The molecule has 1 aliphatic heterocycles. The molecule has 100 valence electrons. The van der Waals surface area contributed by atoms with Crippen LogP contribution < -0.4 is 10.6 Å². The van der Waals surface area contributed by atoms with Gasteiger partial charge < -0.3 is 10.6 Å². The van der Waals surface area contributed by atoms with Gasteiger partial charge in [0.15, 0.2) is 0 Å². The average molecular weight is 271 g/mol. The van der Waals surface area contributed by atoms with Gasteiger partial charge in [-0.05, 0) is 29.8 Å². The molecule has 0 saturated carbocycles. The number of hydrogen-bond acceptors (Lipinski definition) is 3. The van der Waals surface area contributed by atoms with Crippen molar-refractivity contribution in [3.05, 3.63) is 53.5 Å². The van der Waals surface area contributed by atoms with E-state index < -0.39 is 5.82 Å². The molecular weight excluding hydrogens is 261 g/mol. The van der Waals surface area contributed by atoms with Crippen molar-refractivity contribution >= 4 is 23.3 Å². The Morgan fingerprint density at radius 2 is 2.15 bits per heavy atom. The lowest BCUT2D eigenvalue weighted by molar-refractivity contribution is -0.115. The maximum absolute atomic E-state index is 12.7. The molecule has 2 amide bonds. The lowest BCUT2D eigenvalue weighted by atomic mass is 10.1. The monoisotopic (exact) mass is 271 g/mol. The molecule has 20 heavy (non-hydrogen) atoms. The molecule has 1 aliphatic rings. The normalized spacial score (nSPS) is 12.8. The minimum absolute atomic E-state index is 0.0854. The van der Waals surface area contributed by atoms with Crippen LogP contribution in [0.2, 0.25) is 0 Å². The lowest BCUT2D eigenvalue weighted by Gasteiger charge is -2.06. The van der Waals surface area contributed by atoms with Gasteiger partial charge >= 0.3 is 0 Å². The summed E-state index contributed by atoms with van der Waals surface area (Å²) in [6, 6.07) is 7.57. The first-order chi connectivity index (χ1) is 9.61. The van der Waals surface area contributed by atoms with Gasteiger partial charge in [0.25, 0.3) is 5.91 Å². The maximum Gasteiger partial charge on any atom is 0.256 e. The molecular formula is C14H10FN3O2. The van der Waals surface area contributed by atoms with Crippen molar-refractivity contribution in [1.82, 2.24) is 4.98 Å². The molecule has 0 bridgehead atoms. The molecule has 2 N–H and O–H groups in total. The third-order valence-electron chi connectivity index (χ3n) is 2.97. The SMILES string of the molecule is O=C1Cc2ccc(C(=O)Nc3ccc(F)cn3)cc2N1. The zero-order valence-corrected chi connectivity index (χ0v) is 10.3. The number of anilines is 2. The first-order valence-electron chi connectivity index (χ1n) is 5.97. The van der Waals surface area contributed by atoms with Crippen molar-refractivity contribution in [1.29, 1.82) is 0 Å². The summed E-state index contributed by atoms with van der Waals surface area (Å²) in [4.78, 5) is 27.0. The van der Waals surface area contributed by atoms with Crippen LogP contribution in [0.15, 0.2) is 36.5 Å². The first-order valence-corrected chi connectivity index (χ1v) is 5.97. The van der Waals surface area contributed by atoms with Gasteiger partial charge in [-0.3, -0.25) is 9.59 Å². The Morgan fingerprint density at radius 3 is 2.90 bits per heavy atom. The minimum Gasteiger partial charge on any atom is -0.326 e. The van der Waals surface area contributed by atoms with E-state index in [0.717, 1.165) is 11.8 Å². The Kier molecular flexibility index (Phi) is 2.90. The zero-order valence-electron chi connectivity index (χ0n) is 10.3. The van der Waals surface area contributed by atoms with Gasteiger partial charge in [0, 0.05) is 11.3 Å². The second kappa shape index (κ2) is 4.73. The Morgan fingerprint density at radius 1 is 1.30 bits per heavy atom. The molecule has 0 saturated heterocycles. The van der Waals surface area contributed by atoms with Crippen LogP contribution in [0.25, 0.3) is 0 Å². The van der Waals surface area contributed by atoms with E-state index in [4.69, 9.17) is 0 Å². The van der Waals surface area contributed by atoms with Gasteiger partial charge in [-0.15, -0.1) is 0 Å². The molecule has 0 fully saturated rings.